The molecule has 0 bridgehead atoms. The van der Waals surface area contributed by atoms with Gasteiger partial charge in [0.25, 0.3) is 5.69 Å². The van der Waals surface area contributed by atoms with Crippen molar-refractivity contribution in [2.45, 2.75) is 32.4 Å². The first kappa shape index (κ1) is 19.5. The SMILES string of the molecule is CCOC(=O)[C@H]1C(c2ccc([N+](=O)[O-])cc2)=C(C(=O)[C@]2(C)CO2)NN1C(C)=O. The van der Waals surface area contributed by atoms with Crippen molar-refractivity contribution < 1.29 is 28.8 Å². The minimum Gasteiger partial charge on any atom is -0.464 e. The van der Waals surface area contributed by atoms with Gasteiger partial charge < -0.3 is 9.47 Å². The summed E-state index contributed by atoms with van der Waals surface area (Å²) in [6.07, 6.45) is 0. The van der Waals surface area contributed by atoms with E-state index in [0.717, 1.165) is 5.01 Å². The Morgan fingerprint density at radius 2 is 1.96 bits per heavy atom. The van der Waals surface area contributed by atoms with Crippen molar-refractivity contribution in [3.8, 4) is 0 Å². The molecule has 3 rings (SSSR count). The topological polar surface area (TPSA) is 131 Å². The van der Waals surface area contributed by atoms with Crippen LogP contribution in [0.4, 0.5) is 5.69 Å². The monoisotopic (exact) mass is 389 g/mol. The Kier molecular flexibility index (Phi) is 4.90. The lowest BCUT2D eigenvalue weighted by atomic mass is 9.93. The smallest absolute Gasteiger partial charge is 0.335 e. The molecule has 28 heavy (non-hydrogen) atoms. The second-order valence-corrected chi connectivity index (χ2v) is 6.60. The molecule has 2 heterocycles. The van der Waals surface area contributed by atoms with Crippen molar-refractivity contribution in [3.05, 3.63) is 45.6 Å². The number of ether oxygens (including phenoxy) is 2. The summed E-state index contributed by atoms with van der Waals surface area (Å²) in [5, 5.41) is 12.0. The second kappa shape index (κ2) is 7.04. The lowest BCUT2D eigenvalue weighted by Crippen LogP contribution is -2.48. The maximum atomic E-state index is 12.9. The number of nitrogens with zero attached hydrogens (tertiary/aromatic N) is 2. The van der Waals surface area contributed by atoms with Gasteiger partial charge in [0.05, 0.1) is 18.1 Å². The molecular formula is C18H19N3O7. The molecular weight excluding hydrogens is 370 g/mol. The van der Waals surface area contributed by atoms with Crippen molar-refractivity contribution in [1.29, 1.82) is 0 Å². The number of nitro groups is 1. The predicted octanol–water partition coefficient (Wildman–Crippen LogP) is 0.962. The molecule has 1 amide bonds. The number of carbonyl (C=O) groups is 3. The highest BCUT2D eigenvalue weighted by atomic mass is 16.6. The van der Waals surface area contributed by atoms with E-state index in [9.17, 15) is 24.5 Å². The van der Waals surface area contributed by atoms with Crippen LogP contribution in [0, 0.1) is 10.1 Å². The highest BCUT2D eigenvalue weighted by molar-refractivity contribution is 6.13. The van der Waals surface area contributed by atoms with Crippen molar-refractivity contribution in [2.24, 2.45) is 0 Å². The zero-order valence-electron chi connectivity index (χ0n) is 15.6. The fourth-order valence-electron chi connectivity index (χ4n) is 2.96. The molecule has 10 nitrogen and oxygen atoms in total. The zero-order valence-corrected chi connectivity index (χ0v) is 15.6. The maximum absolute atomic E-state index is 12.9. The van der Waals surface area contributed by atoms with E-state index < -0.39 is 34.2 Å². The Balaban J connectivity index is 2.14. The normalized spacial score (nSPS) is 23.2. The largest absolute Gasteiger partial charge is 0.464 e. The average Bonchev–Trinajstić information content (AvgIpc) is 3.28. The molecule has 1 N–H and O–H groups in total. The van der Waals surface area contributed by atoms with Crippen LogP contribution in [0.3, 0.4) is 0 Å². The van der Waals surface area contributed by atoms with Crippen LogP contribution in [0.25, 0.3) is 5.57 Å². The number of benzene rings is 1. The fourth-order valence-corrected chi connectivity index (χ4v) is 2.96. The van der Waals surface area contributed by atoms with Gasteiger partial charge in [-0.05, 0) is 31.5 Å². The molecule has 10 heteroatoms. The van der Waals surface area contributed by atoms with Gasteiger partial charge in [0, 0.05) is 24.6 Å². The summed E-state index contributed by atoms with van der Waals surface area (Å²) in [6.45, 7) is 4.77. The summed E-state index contributed by atoms with van der Waals surface area (Å²) in [5.41, 5.74) is 2.15. The number of hydrogen-bond acceptors (Lipinski definition) is 8. The molecule has 0 aromatic heterocycles. The van der Waals surface area contributed by atoms with E-state index in [0.29, 0.717) is 5.56 Å². The standard InChI is InChI=1S/C18H19N3O7/c1-4-27-17(24)15-13(11-5-7-12(8-6-11)21(25)26)14(19-20(15)10(2)22)16(23)18(3)9-28-18/h5-8,15,19H,4,9H2,1-3H3/t15-,18+/m1/s1. The quantitative estimate of drug-likeness (QED) is 0.329. The molecule has 2 aliphatic heterocycles. The van der Waals surface area contributed by atoms with E-state index in [1.54, 1.807) is 13.8 Å². The minimum absolute atomic E-state index is 0.0297. The van der Waals surface area contributed by atoms with E-state index in [1.165, 1.54) is 31.2 Å². The molecule has 148 valence electrons. The number of non-ortho nitro benzene ring substituents is 1. The molecule has 0 unspecified atom stereocenters. The summed E-state index contributed by atoms with van der Waals surface area (Å²) in [7, 11) is 0. The molecule has 1 aromatic rings. The lowest BCUT2D eigenvalue weighted by molar-refractivity contribution is -0.384. The van der Waals surface area contributed by atoms with Crippen LogP contribution in [-0.2, 0) is 23.9 Å². The number of ketones is 1. The van der Waals surface area contributed by atoms with Gasteiger partial charge in [0.1, 0.15) is 5.70 Å². The maximum Gasteiger partial charge on any atom is 0.335 e. The number of epoxide rings is 1. The molecule has 0 radical (unpaired) electrons. The number of nitrogens with one attached hydrogen (secondary N) is 1. The Bertz CT molecular complexity index is 887. The molecule has 1 saturated heterocycles. The third-order valence-electron chi connectivity index (χ3n) is 4.56. The number of nitro benzene ring substituents is 1. The number of carbonyl (C=O) groups excluding carboxylic acids is 3. The molecule has 2 aliphatic rings. The Morgan fingerprint density at radius 3 is 2.43 bits per heavy atom. The predicted molar refractivity (Wildman–Crippen MR) is 95.5 cm³/mol. The van der Waals surface area contributed by atoms with Gasteiger partial charge in [0.15, 0.2) is 11.6 Å². The number of hydrogen-bond donors (Lipinski definition) is 1. The van der Waals surface area contributed by atoms with E-state index in [1.807, 2.05) is 0 Å². The van der Waals surface area contributed by atoms with Crippen molar-refractivity contribution in [3.63, 3.8) is 0 Å². The summed E-state index contributed by atoms with van der Waals surface area (Å²) in [6, 6.07) is 4.17. The van der Waals surface area contributed by atoms with Crippen molar-refractivity contribution in [2.75, 3.05) is 13.2 Å². The van der Waals surface area contributed by atoms with E-state index >= 15 is 0 Å². The van der Waals surface area contributed by atoms with Gasteiger partial charge in [-0.15, -0.1) is 0 Å². The average molecular weight is 389 g/mol. The first-order chi connectivity index (χ1) is 13.2. The van der Waals surface area contributed by atoms with E-state index in [4.69, 9.17) is 9.47 Å². The van der Waals surface area contributed by atoms with Gasteiger partial charge >= 0.3 is 5.97 Å². The Labute approximate surface area is 160 Å². The molecule has 0 aliphatic carbocycles. The van der Waals surface area contributed by atoms with Gasteiger partial charge in [-0.3, -0.25) is 25.1 Å². The minimum atomic E-state index is -1.21. The molecule has 1 fully saturated rings. The van der Waals surface area contributed by atoms with Crippen LogP contribution < -0.4 is 5.43 Å². The summed E-state index contributed by atoms with van der Waals surface area (Å²) in [4.78, 5) is 48.0. The molecule has 0 saturated carbocycles. The summed E-state index contributed by atoms with van der Waals surface area (Å²) >= 11 is 0. The molecule has 1 aromatic carbocycles. The van der Waals surface area contributed by atoms with Gasteiger partial charge in [-0.2, -0.15) is 0 Å². The fraction of sp³-hybridized carbons (Fsp3) is 0.389. The first-order valence-corrected chi connectivity index (χ1v) is 8.60. The third kappa shape index (κ3) is 3.33. The van der Waals surface area contributed by atoms with Crippen LogP contribution in [0.2, 0.25) is 0 Å². The number of rotatable bonds is 6. The van der Waals surface area contributed by atoms with Gasteiger partial charge in [-0.1, -0.05) is 0 Å². The number of amides is 1. The third-order valence-corrected chi connectivity index (χ3v) is 4.56. The van der Waals surface area contributed by atoms with Gasteiger partial charge in [-0.25, -0.2) is 9.80 Å². The van der Waals surface area contributed by atoms with Gasteiger partial charge in [0.2, 0.25) is 11.7 Å². The zero-order chi connectivity index (χ0) is 20.6. The Morgan fingerprint density at radius 1 is 1.36 bits per heavy atom. The second-order valence-electron chi connectivity index (χ2n) is 6.60. The van der Waals surface area contributed by atoms with Crippen LogP contribution in [0.5, 0.6) is 0 Å². The van der Waals surface area contributed by atoms with Crippen molar-refractivity contribution in [1.82, 2.24) is 10.4 Å². The lowest BCUT2D eigenvalue weighted by Gasteiger charge is -2.23. The van der Waals surface area contributed by atoms with Crippen LogP contribution in [0.15, 0.2) is 30.0 Å². The first-order valence-electron chi connectivity index (χ1n) is 8.60. The highest BCUT2D eigenvalue weighted by Crippen LogP contribution is 2.37. The van der Waals surface area contributed by atoms with Crippen LogP contribution in [-0.4, -0.2) is 52.4 Å². The summed E-state index contributed by atoms with van der Waals surface area (Å²) in [5.74, 6) is -1.63. The molecule has 0 spiro atoms. The Hall–Kier alpha value is -3.27. The van der Waals surface area contributed by atoms with Crippen molar-refractivity contribution >= 4 is 28.9 Å². The van der Waals surface area contributed by atoms with E-state index in [2.05, 4.69) is 5.43 Å². The highest BCUT2D eigenvalue weighted by Gasteiger charge is 2.53. The molecule has 2 atom stereocenters. The van der Waals surface area contributed by atoms with E-state index in [-0.39, 0.29) is 30.2 Å². The van der Waals surface area contributed by atoms with Crippen LogP contribution >= 0.6 is 0 Å². The number of esters is 1. The number of hydrazine groups is 1. The number of Topliss-reactive ketones (excluding diaryl/α,β-unsaturated/α-hetero) is 1. The summed E-state index contributed by atoms with van der Waals surface area (Å²) < 4.78 is 10.3. The van der Waals surface area contributed by atoms with Crippen LogP contribution in [0.1, 0.15) is 26.3 Å².